The molecule has 2 rings (SSSR count). The van der Waals surface area contributed by atoms with Crippen LogP contribution in [0.2, 0.25) is 0 Å². The van der Waals surface area contributed by atoms with Crippen molar-refractivity contribution in [2.75, 3.05) is 18.5 Å². The smallest absolute Gasteiger partial charge is 0.332 e. The van der Waals surface area contributed by atoms with Crippen molar-refractivity contribution < 1.29 is 0 Å². The van der Waals surface area contributed by atoms with Gasteiger partial charge in [-0.3, -0.25) is 13.9 Å². The van der Waals surface area contributed by atoms with E-state index in [0.29, 0.717) is 17.9 Å². The van der Waals surface area contributed by atoms with Gasteiger partial charge < -0.3 is 4.90 Å². The van der Waals surface area contributed by atoms with E-state index in [9.17, 15) is 9.59 Å². The second-order valence-electron chi connectivity index (χ2n) is 3.73. The normalized spacial score (nSPS) is 14.2. The maximum atomic E-state index is 11.8. The number of likely N-dealkylation sites (N-methyl/N-ethyl adjacent to an activating group) is 1. The summed E-state index contributed by atoms with van der Waals surface area (Å²) in [6.45, 7) is 0.716. The number of fused-ring (bicyclic) bond motifs is 1. The van der Waals surface area contributed by atoms with E-state index in [1.54, 1.807) is 13.1 Å². The maximum absolute atomic E-state index is 11.8. The molecule has 1 aromatic rings. The van der Waals surface area contributed by atoms with Gasteiger partial charge in [0.25, 0.3) is 5.56 Å². The summed E-state index contributed by atoms with van der Waals surface area (Å²) in [5.74, 6) is 0.686. The van der Waals surface area contributed by atoms with Gasteiger partial charge >= 0.3 is 5.69 Å². The van der Waals surface area contributed by atoms with Gasteiger partial charge in [-0.1, -0.05) is 6.08 Å². The third-order valence-electron chi connectivity index (χ3n) is 2.69. The number of hydrogen-bond donors (Lipinski definition) is 0. The Bertz CT molecular complexity index is 551. The van der Waals surface area contributed by atoms with Crippen LogP contribution < -0.4 is 16.1 Å². The molecule has 1 aliphatic rings. The predicted octanol–water partition coefficient (Wildman–Crippen LogP) is -0.453. The van der Waals surface area contributed by atoms with Gasteiger partial charge in [0.05, 0.1) is 5.56 Å². The molecule has 0 saturated carbocycles. The van der Waals surface area contributed by atoms with Crippen LogP contribution in [0.15, 0.2) is 15.7 Å². The lowest BCUT2D eigenvalue weighted by molar-refractivity contribution is 0.672. The summed E-state index contributed by atoms with van der Waals surface area (Å²) in [7, 11) is 5.03. The topological polar surface area (TPSA) is 47.2 Å². The molecule has 0 N–H and O–H groups in total. The Morgan fingerprint density at radius 2 is 1.80 bits per heavy atom. The largest absolute Gasteiger partial charge is 0.357 e. The van der Waals surface area contributed by atoms with Crippen molar-refractivity contribution in [3.63, 3.8) is 0 Å². The Balaban J connectivity index is 2.95. The van der Waals surface area contributed by atoms with Crippen LogP contribution in [0.25, 0.3) is 6.08 Å². The van der Waals surface area contributed by atoms with E-state index in [1.807, 2.05) is 18.0 Å². The number of aromatic nitrogens is 2. The molecule has 0 atom stereocenters. The van der Waals surface area contributed by atoms with Crippen molar-refractivity contribution in [2.24, 2.45) is 14.1 Å². The summed E-state index contributed by atoms with van der Waals surface area (Å²) in [5, 5.41) is 0. The van der Waals surface area contributed by atoms with Gasteiger partial charge in [0, 0.05) is 27.7 Å². The first-order chi connectivity index (χ1) is 7.04. The molecule has 0 bridgehead atoms. The highest BCUT2D eigenvalue weighted by Crippen LogP contribution is 2.18. The van der Waals surface area contributed by atoms with E-state index < -0.39 is 0 Å². The molecular formula is C10H13N3O2. The van der Waals surface area contributed by atoms with E-state index >= 15 is 0 Å². The molecule has 1 aliphatic heterocycles. The van der Waals surface area contributed by atoms with Gasteiger partial charge in [0.2, 0.25) is 0 Å². The molecule has 5 heteroatoms. The first-order valence-corrected chi connectivity index (χ1v) is 4.71. The molecule has 80 valence electrons. The van der Waals surface area contributed by atoms with Gasteiger partial charge in [0.1, 0.15) is 5.82 Å². The quantitative estimate of drug-likeness (QED) is 0.578. The zero-order valence-corrected chi connectivity index (χ0v) is 9.02. The molecule has 0 radical (unpaired) electrons. The molecular weight excluding hydrogens is 194 g/mol. The van der Waals surface area contributed by atoms with Crippen LogP contribution in [0, 0.1) is 0 Å². The maximum Gasteiger partial charge on any atom is 0.332 e. The van der Waals surface area contributed by atoms with Crippen molar-refractivity contribution in [3.8, 4) is 0 Å². The Hall–Kier alpha value is -1.78. The van der Waals surface area contributed by atoms with Crippen molar-refractivity contribution in [1.29, 1.82) is 0 Å². The average Bonchev–Trinajstić information content (AvgIpc) is 2.23. The molecule has 0 amide bonds. The Labute approximate surface area is 86.9 Å². The molecule has 1 aromatic heterocycles. The van der Waals surface area contributed by atoms with Crippen LogP contribution in [-0.4, -0.2) is 22.7 Å². The molecule has 0 saturated heterocycles. The van der Waals surface area contributed by atoms with Gasteiger partial charge in [-0.15, -0.1) is 0 Å². The molecule has 15 heavy (non-hydrogen) atoms. The molecule has 0 aliphatic carbocycles. The van der Waals surface area contributed by atoms with E-state index in [2.05, 4.69) is 0 Å². The van der Waals surface area contributed by atoms with E-state index in [0.717, 1.165) is 4.57 Å². The number of rotatable bonds is 0. The monoisotopic (exact) mass is 207 g/mol. The minimum absolute atomic E-state index is 0.240. The Morgan fingerprint density at radius 3 is 2.47 bits per heavy atom. The second-order valence-corrected chi connectivity index (χ2v) is 3.73. The third kappa shape index (κ3) is 1.23. The molecule has 0 unspecified atom stereocenters. The molecule has 0 aromatic carbocycles. The fourth-order valence-electron chi connectivity index (χ4n) is 1.88. The van der Waals surface area contributed by atoms with Gasteiger partial charge in [-0.25, -0.2) is 4.79 Å². The van der Waals surface area contributed by atoms with Crippen LogP contribution in [0.5, 0.6) is 0 Å². The first-order valence-electron chi connectivity index (χ1n) is 4.71. The lowest BCUT2D eigenvalue weighted by Crippen LogP contribution is -2.42. The Kier molecular flexibility index (Phi) is 2.03. The SMILES string of the molecule is CN1CC=Cc2c1n(C)c(=O)n(C)c2=O. The highest BCUT2D eigenvalue weighted by Gasteiger charge is 2.18. The number of anilines is 1. The minimum atomic E-state index is -0.291. The lowest BCUT2D eigenvalue weighted by atomic mass is 10.2. The van der Waals surface area contributed by atoms with Crippen molar-refractivity contribution >= 4 is 11.9 Å². The summed E-state index contributed by atoms with van der Waals surface area (Å²) in [4.78, 5) is 25.4. The summed E-state index contributed by atoms with van der Waals surface area (Å²) in [5.41, 5.74) is 0.0464. The number of nitrogens with zero attached hydrogens (tertiary/aromatic N) is 3. The zero-order valence-electron chi connectivity index (χ0n) is 9.02. The second kappa shape index (κ2) is 3.12. The number of hydrogen-bond acceptors (Lipinski definition) is 3. The van der Waals surface area contributed by atoms with Crippen LogP contribution in [0.1, 0.15) is 5.56 Å². The van der Waals surface area contributed by atoms with Crippen molar-refractivity contribution in [3.05, 3.63) is 32.5 Å². The van der Waals surface area contributed by atoms with E-state index in [1.165, 1.54) is 11.6 Å². The standard InChI is InChI=1S/C10H13N3O2/c1-11-6-4-5-7-8(11)12(2)10(15)13(3)9(7)14/h4-5H,6H2,1-3H3. The lowest BCUT2D eigenvalue weighted by Gasteiger charge is -2.25. The van der Waals surface area contributed by atoms with E-state index in [-0.39, 0.29) is 11.2 Å². The van der Waals surface area contributed by atoms with Gasteiger partial charge in [-0.05, 0) is 6.08 Å². The van der Waals surface area contributed by atoms with Crippen molar-refractivity contribution in [1.82, 2.24) is 9.13 Å². The van der Waals surface area contributed by atoms with Gasteiger partial charge in [0.15, 0.2) is 0 Å². The van der Waals surface area contributed by atoms with Crippen molar-refractivity contribution in [2.45, 2.75) is 0 Å². The predicted molar refractivity (Wildman–Crippen MR) is 59.2 cm³/mol. The zero-order chi connectivity index (χ0) is 11.2. The third-order valence-corrected chi connectivity index (χ3v) is 2.69. The van der Waals surface area contributed by atoms with Crippen LogP contribution in [0.4, 0.5) is 5.82 Å². The van der Waals surface area contributed by atoms with E-state index in [4.69, 9.17) is 0 Å². The molecule has 0 fully saturated rings. The summed E-state index contributed by atoms with van der Waals surface area (Å²) < 4.78 is 2.63. The first kappa shape index (κ1) is 9.76. The van der Waals surface area contributed by atoms with Crippen LogP contribution in [-0.2, 0) is 14.1 Å². The molecule has 5 nitrogen and oxygen atoms in total. The minimum Gasteiger partial charge on any atom is -0.357 e. The summed E-state index contributed by atoms with van der Waals surface area (Å²) in [6.07, 6.45) is 3.69. The molecule has 0 spiro atoms. The average molecular weight is 207 g/mol. The fraction of sp³-hybridized carbons (Fsp3) is 0.400. The highest BCUT2D eigenvalue weighted by atomic mass is 16.2. The van der Waals surface area contributed by atoms with Crippen LogP contribution >= 0.6 is 0 Å². The highest BCUT2D eigenvalue weighted by molar-refractivity contribution is 5.67. The molecule has 2 heterocycles. The Morgan fingerprint density at radius 1 is 1.13 bits per heavy atom. The van der Waals surface area contributed by atoms with Crippen LogP contribution in [0.3, 0.4) is 0 Å². The van der Waals surface area contributed by atoms with Gasteiger partial charge in [-0.2, -0.15) is 0 Å². The summed E-state index contributed by atoms with van der Waals surface area (Å²) in [6, 6.07) is 0. The fourth-order valence-corrected chi connectivity index (χ4v) is 1.88. The summed E-state index contributed by atoms with van der Waals surface area (Å²) >= 11 is 0.